The predicted octanol–water partition coefficient (Wildman–Crippen LogP) is 2.10. The van der Waals surface area contributed by atoms with E-state index in [9.17, 15) is 9.50 Å². The van der Waals surface area contributed by atoms with Crippen molar-refractivity contribution in [2.45, 2.75) is 18.4 Å². The maximum atomic E-state index is 13.7. The van der Waals surface area contributed by atoms with Crippen molar-refractivity contribution in [2.75, 3.05) is 18.0 Å². The van der Waals surface area contributed by atoms with Crippen molar-refractivity contribution in [2.24, 2.45) is 0 Å². The van der Waals surface area contributed by atoms with Gasteiger partial charge in [0.1, 0.15) is 5.60 Å². The van der Waals surface area contributed by atoms with Gasteiger partial charge >= 0.3 is 0 Å². The van der Waals surface area contributed by atoms with Crippen LogP contribution in [-0.2, 0) is 5.60 Å². The van der Waals surface area contributed by atoms with E-state index < -0.39 is 5.60 Å². The highest BCUT2D eigenvalue weighted by molar-refractivity contribution is 5.46. The van der Waals surface area contributed by atoms with Gasteiger partial charge in [-0.05, 0) is 31.0 Å². The SMILES string of the molecule is OC1(c2ccccn2)CCN(c2ccncc2F)CC1. The van der Waals surface area contributed by atoms with E-state index in [-0.39, 0.29) is 5.82 Å². The Hall–Kier alpha value is -2.01. The van der Waals surface area contributed by atoms with Gasteiger partial charge < -0.3 is 10.0 Å². The molecule has 20 heavy (non-hydrogen) atoms. The van der Waals surface area contributed by atoms with Gasteiger partial charge in [0.05, 0.1) is 17.6 Å². The molecule has 5 heteroatoms. The molecule has 0 radical (unpaired) electrons. The average molecular weight is 273 g/mol. The van der Waals surface area contributed by atoms with Crippen LogP contribution in [0, 0.1) is 5.82 Å². The maximum Gasteiger partial charge on any atom is 0.164 e. The van der Waals surface area contributed by atoms with Gasteiger partial charge in [0.25, 0.3) is 0 Å². The zero-order chi connectivity index (χ0) is 14.0. The Kier molecular flexibility index (Phi) is 3.36. The van der Waals surface area contributed by atoms with Crippen LogP contribution in [-0.4, -0.2) is 28.2 Å². The lowest BCUT2D eigenvalue weighted by Gasteiger charge is -2.38. The second-order valence-electron chi connectivity index (χ2n) is 5.06. The van der Waals surface area contributed by atoms with E-state index in [0.29, 0.717) is 37.3 Å². The van der Waals surface area contributed by atoms with E-state index in [1.807, 2.05) is 23.1 Å². The Labute approximate surface area is 116 Å². The minimum absolute atomic E-state index is 0.323. The molecular formula is C15H16FN3O. The second kappa shape index (κ2) is 5.17. The monoisotopic (exact) mass is 273 g/mol. The van der Waals surface area contributed by atoms with Gasteiger partial charge in [0.2, 0.25) is 0 Å². The number of rotatable bonds is 2. The van der Waals surface area contributed by atoms with E-state index in [4.69, 9.17) is 0 Å². The number of pyridine rings is 2. The number of nitrogens with zero attached hydrogens (tertiary/aromatic N) is 3. The number of aromatic nitrogens is 2. The largest absolute Gasteiger partial charge is 0.383 e. The van der Waals surface area contributed by atoms with Crippen LogP contribution in [0.3, 0.4) is 0 Å². The fourth-order valence-electron chi connectivity index (χ4n) is 2.64. The molecule has 0 saturated carbocycles. The number of piperidine rings is 1. The molecule has 3 heterocycles. The summed E-state index contributed by atoms with van der Waals surface area (Å²) in [4.78, 5) is 9.93. The number of aliphatic hydroxyl groups is 1. The number of hydrogen-bond acceptors (Lipinski definition) is 4. The zero-order valence-electron chi connectivity index (χ0n) is 11.0. The molecule has 104 valence electrons. The molecule has 0 aromatic carbocycles. The third kappa shape index (κ3) is 2.36. The van der Waals surface area contributed by atoms with E-state index in [1.165, 1.54) is 6.20 Å². The van der Waals surface area contributed by atoms with Gasteiger partial charge in [0, 0.05) is 25.5 Å². The smallest absolute Gasteiger partial charge is 0.164 e. The molecule has 1 N–H and O–H groups in total. The quantitative estimate of drug-likeness (QED) is 0.910. The van der Waals surface area contributed by atoms with Crippen LogP contribution < -0.4 is 4.90 Å². The molecule has 0 unspecified atom stereocenters. The topological polar surface area (TPSA) is 49.3 Å². The van der Waals surface area contributed by atoms with Crippen LogP contribution in [0.5, 0.6) is 0 Å². The fraction of sp³-hybridized carbons (Fsp3) is 0.333. The Balaban J connectivity index is 1.76. The highest BCUT2D eigenvalue weighted by Gasteiger charge is 2.35. The Morgan fingerprint density at radius 2 is 1.95 bits per heavy atom. The molecular weight excluding hydrogens is 257 g/mol. The van der Waals surface area contributed by atoms with Gasteiger partial charge in [-0.15, -0.1) is 0 Å². The molecule has 3 rings (SSSR count). The number of anilines is 1. The van der Waals surface area contributed by atoms with Crippen LogP contribution in [0.4, 0.5) is 10.1 Å². The van der Waals surface area contributed by atoms with E-state index in [1.54, 1.807) is 18.5 Å². The first-order chi connectivity index (χ1) is 9.69. The van der Waals surface area contributed by atoms with Crippen LogP contribution in [0.2, 0.25) is 0 Å². The maximum absolute atomic E-state index is 13.7. The Morgan fingerprint density at radius 3 is 2.60 bits per heavy atom. The lowest BCUT2D eigenvalue weighted by atomic mass is 9.87. The summed E-state index contributed by atoms with van der Waals surface area (Å²) in [6, 6.07) is 7.20. The van der Waals surface area contributed by atoms with Gasteiger partial charge in [-0.25, -0.2) is 4.39 Å². The molecule has 1 saturated heterocycles. The number of hydrogen-bond donors (Lipinski definition) is 1. The van der Waals surface area contributed by atoms with Gasteiger partial charge in [-0.2, -0.15) is 0 Å². The summed E-state index contributed by atoms with van der Waals surface area (Å²) in [7, 11) is 0. The van der Waals surface area contributed by atoms with Crippen molar-refractivity contribution >= 4 is 5.69 Å². The normalized spacial score (nSPS) is 18.0. The Bertz CT molecular complexity index is 583. The highest BCUT2D eigenvalue weighted by Crippen LogP contribution is 2.33. The van der Waals surface area contributed by atoms with Gasteiger partial charge in [0.15, 0.2) is 5.82 Å². The van der Waals surface area contributed by atoms with E-state index in [2.05, 4.69) is 9.97 Å². The Morgan fingerprint density at radius 1 is 1.15 bits per heavy atom. The molecule has 1 aliphatic heterocycles. The summed E-state index contributed by atoms with van der Waals surface area (Å²) in [5, 5.41) is 10.7. The first-order valence-corrected chi connectivity index (χ1v) is 6.67. The van der Waals surface area contributed by atoms with Gasteiger partial charge in [-0.3, -0.25) is 9.97 Å². The van der Waals surface area contributed by atoms with E-state index >= 15 is 0 Å². The van der Waals surface area contributed by atoms with Crippen molar-refractivity contribution in [3.8, 4) is 0 Å². The molecule has 2 aromatic heterocycles. The summed E-state index contributed by atoms with van der Waals surface area (Å²) in [5.41, 5.74) is 0.319. The minimum atomic E-state index is -0.915. The standard InChI is InChI=1S/C15H16FN3O/c16-12-11-17-8-4-13(12)19-9-5-15(20,6-10-19)14-3-1-2-7-18-14/h1-4,7-8,11,20H,5-6,9-10H2. The minimum Gasteiger partial charge on any atom is -0.383 e. The summed E-state index contributed by atoms with van der Waals surface area (Å²) in [6.45, 7) is 1.18. The average Bonchev–Trinajstić information content (AvgIpc) is 2.50. The fourth-order valence-corrected chi connectivity index (χ4v) is 2.64. The second-order valence-corrected chi connectivity index (χ2v) is 5.06. The molecule has 0 amide bonds. The lowest BCUT2D eigenvalue weighted by Crippen LogP contribution is -2.43. The van der Waals surface area contributed by atoms with Crippen molar-refractivity contribution < 1.29 is 9.50 Å². The molecule has 0 aliphatic carbocycles. The summed E-state index contributed by atoms with van der Waals surface area (Å²) in [6.07, 6.45) is 5.55. The summed E-state index contributed by atoms with van der Waals surface area (Å²) >= 11 is 0. The van der Waals surface area contributed by atoms with Gasteiger partial charge in [-0.1, -0.05) is 6.07 Å². The molecule has 4 nitrogen and oxygen atoms in total. The number of halogens is 1. The first-order valence-electron chi connectivity index (χ1n) is 6.67. The van der Waals surface area contributed by atoms with Crippen molar-refractivity contribution in [1.29, 1.82) is 0 Å². The van der Waals surface area contributed by atoms with Crippen molar-refractivity contribution in [1.82, 2.24) is 9.97 Å². The predicted molar refractivity (Wildman–Crippen MR) is 73.8 cm³/mol. The first kappa shape index (κ1) is 13.0. The van der Waals surface area contributed by atoms with Crippen molar-refractivity contribution in [3.05, 3.63) is 54.4 Å². The summed E-state index contributed by atoms with van der Waals surface area (Å²) in [5.74, 6) is -0.323. The summed E-state index contributed by atoms with van der Waals surface area (Å²) < 4.78 is 13.7. The van der Waals surface area contributed by atoms with Crippen LogP contribution in [0.15, 0.2) is 42.9 Å². The van der Waals surface area contributed by atoms with Crippen LogP contribution in [0.1, 0.15) is 18.5 Å². The third-order valence-electron chi connectivity index (χ3n) is 3.82. The zero-order valence-corrected chi connectivity index (χ0v) is 11.0. The van der Waals surface area contributed by atoms with E-state index in [0.717, 1.165) is 0 Å². The molecule has 0 bridgehead atoms. The highest BCUT2D eigenvalue weighted by atomic mass is 19.1. The molecule has 0 spiro atoms. The van der Waals surface area contributed by atoms with Crippen LogP contribution in [0.25, 0.3) is 0 Å². The third-order valence-corrected chi connectivity index (χ3v) is 3.82. The molecule has 1 fully saturated rings. The molecule has 2 aromatic rings. The molecule has 1 aliphatic rings. The lowest BCUT2D eigenvalue weighted by molar-refractivity contribution is 0.00751. The van der Waals surface area contributed by atoms with Crippen molar-refractivity contribution in [3.63, 3.8) is 0 Å². The molecule has 0 atom stereocenters. The van der Waals surface area contributed by atoms with Crippen LogP contribution >= 0.6 is 0 Å².